The van der Waals surface area contributed by atoms with Crippen LogP contribution < -0.4 is 4.90 Å². The summed E-state index contributed by atoms with van der Waals surface area (Å²) < 4.78 is 10.5. The molecule has 8 nitrogen and oxygen atoms in total. The number of carbonyl (C=O) groups is 1. The van der Waals surface area contributed by atoms with E-state index in [2.05, 4.69) is 26.2 Å². The maximum Gasteiger partial charge on any atom is 0.253 e. The van der Waals surface area contributed by atoms with E-state index < -0.39 is 0 Å². The fourth-order valence-corrected chi connectivity index (χ4v) is 4.46. The molecule has 31 heavy (non-hydrogen) atoms. The van der Waals surface area contributed by atoms with E-state index in [1.807, 2.05) is 30.3 Å². The molecule has 1 aromatic heterocycles. The lowest BCUT2D eigenvalue weighted by atomic mass is 9.94. The van der Waals surface area contributed by atoms with Crippen LogP contribution in [-0.4, -0.2) is 86.1 Å². The molecule has 2 aliphatic rings. The zero-order valence-electron chi connectivity index (χ0n) is 18.0. The topological polar surface area (TPSA) is 74.9 Å². The van der Waals surface area contributed by atoms with E-state index in [4.69, 9.17) is 9.37 Å². The number of benzene rings is 2. The summed E-state index contributed by atoms with van der Waals surface area (Å²) in [7, 11) is 3.54. The third kappa shape index (κ3) is 3.88. The van der Waals surface area contributed by atoms with Gasteiger partial charge in [-0.25, -0.2) is 4.63 Å². The van der Waals surface area contributed by atoms with E-state index >= 15 is 0 Å². The molecule has 3 aromatic rings. The monoisotopic (exact) mass is 421 g/mol. The molecule has 0 N–H and O–H groups in total. The van der Waals surface area contributed by atoms with Crippen LogP contribution in [0.5, 0.6) is 0 Å². The molecule has 2 fully saturated rings. The highest BCUT2D eigenvalue weighted by molar-refractivity contribution is 6.02. The van der Waals surface area contributed by atoms with Gasteiger partial charge in [-0.05, 0) is 39.6 Å². The Balaban J connectivity index is 1.43. The second kappa shape index (κ2) is 8.28. The molecule has 0 aliphatic carbocycles. The largest absolute Gasteiger partial charge is 0.379 e. The molecule has 5 rings (SSSR count). The molecular formula is C23H27N5O3. The first-order valence-corrected chi connectivity index (χ1v) is 10.7. The summed E-state index contributed by atoms with van der Waals surface area (Å²) in [4.78, 5) is 19.1. The van der Waals surface area contributed by atoms with Crippen molar-refractivity contribution in [2.75, 3.05) is 64.9 Å². The van der Waals surface area contributed by atoms with Gasteiger partial charge in [0.15, 0.2) is 5.52 Å². The molecule has 2 aliphatic heterocycles. The number of amides is 1. The van der Waals surface area contributed by atoms with E-state index in [-0.39, 0.29) is 5.91 Å². The van der Waals surface area contributed by atoms with Gasteiger partial charge in [-0.1, -0.05) is 18.2 Å². The number of nitrogens with zero attached hydrogens (tertiary/aromatic N) is 5. The Bertz CT molecular complexity index is 1080. The second-order valence-electron chi connectivity index (χ2n) is 8.56. The van der Waals surface area contributed by atoms with Crippen molar-refractivity contribution in [3.05, 3.63) is 42.0 Å². The van der Waals surface area contributed by atoms with Crippen molar-refractivity contribution < 1.29 is 14.2 Å². The summed E-state index contributed by atoms with van der Waals surface area (Å²) in [6.45, 7) is 6.73. The predicted molar refractivity (Wildman–Crippen MR) is 118 cm³/mol. The van der Waals surface area contributed by atoms with Crippen LogP contribution in [0.1, 0.15) is 10.4 Å². The number of morpholine rings is 1. The number of anilines is 1. The van der Waals surface area contributed by atoms with Gasteiger partial charge in [0, 0.05) is 58.3 Å². The third-order valence-electron chi connectivity index (χ3n) is 6.13. The van der Waals surface area contributed by atoms with Crippen molar-refractivity contribution >= 4 is 22.6 Å². The third-order valence-corrected chi connectivity index (χ3v) is 6.13. The van der Waals surface area contributed by atoms with E-state index in [0.29, 0.717) is 17.0 Å². The molecule has 162 valence electrons. The van der Waals surface area contributed by atoms with Gasteiger partial charge >= 0.3 is 0 Å². The van der Waals surface area contributed by atoms with Crippen LogP contribution >= 0.6 is 0 Å². The van der Waals surface area contributed by atoms with Gasteiger partial charge in [-0.2, -0.15) is 0 Å². The molecule has 0 saturated carbocycles. The molecule has 0 unspecified atom stereocenters. The van der Waals surface area contributed by atoms with Crippen molar-refractivity contribution in [1.82, 2.24) is 20.1 Å². The fourth-order valence-electron chi connectivity index (χ4n) is 4.46. The maximum absolute atomic E-state index is 12.7. The lowest BCUT2D eigenvalue weighted by molar-refractivity contribution is 0.0286. The minimum atomic E-state index is -0.0231. The Labute approximate surface area is 181 Å². The highest BCUT2D eigenvalue weighted by Gasteiger charge is 2.31. The Hall–Kier alpha value is -2.97. The van der Waals surface area contributed by atoms with Crippen LogP contribution in [0.4, 0.5) is 5.69 Å². The Morgan fingerprint density at radius 1 is 1.13 bits per heavy atom. The number of carbonyl (C=O) groups excluding carboxylic acids is 1. The van der Waals surface area contributed by atoms with Crippen LogP contribution in [-0.2, 0) is 4.74 Å². The summed E-state index contributed by atoms with van der Waals surface area (Å²) in [6, 6.07) is 11.7. The van der Waals surface area contributed by atoms with Gasteiger partial charge in [-0.3, -0.25) is 9.69 Å². The summed E-state index contributed by atoms with van der Waals surface area (Å²) in [6.07, 6.45) is 0. The van der Waals surface area contributed by atoms with Crippen molar-refractivity contribution in [3.63, 3.8) is 0 Å². The van der Waals surface area contributed by atoms with Crippen molar-refractivity contribution in [3.8, 4) is 11.1 Å². The van der Waals surface area contributed by atoms with Crippen LogP contribution in [0.3, 0.4) is 0 Å². The van der Waals surface area contributed by atoms with Crippen LogP contribution in [0.15, 0.2) is 41.0 Å². The average Bonchev–Trinajstić information content (AvgIpc) is 3.24. The summed E-state index contributed by atoms with van der Waals surface area (Å²) in [5, 5.41) is 8.25. The van der Waals surface area contributed by atoms with Gasteiger partial charge in [0.25, 0.3) is 5.91 Å². The lowest BCUT2D eigenvalue weighted by Crippen LogP contribution is -2.53. The van der Waals surface area contributed by atoms with Crippen LogP contribution in [0.2, 0.25) is 0 Å². The van der Waals surface area contributed by atoms with E-state index in [1.54, 1.807) is 19.0 Å². The minimum Gasteiger partial charge on any atom is -0.379 e. The van der Waals surface area contributed by atoms with E-state index in [0.717, 1.165) is 68.3 Å². The summed E-state index contributed by atoms with van der Waals surface area (Å²) in [5.74, 6) is 0.601. The maximum atomic E-state index is 12.7. The first kappa shape index (κ1) is 20.0. The normalized spacial score (nSPS) is 17.7. The van der Waals surface area contributed by atoms with Gasteiger partial charge in [0.05, 0.1) is 18.9 Å². The second-order valence-corrected chi connectivity index (χ2v) is 8.56. The SMILES string of the molecule is CN(C)C(=O)c1ccccc1-c1cc(N2CC(CN3CCOCC3)C2)c2nonc2c1. The molecule has 0 radical (unpaired) electrons. The first-order chi connectivity index (χ1) is 15.1. The molecule has 0 bridgehead atoms. The highest BCUT2D eigenvalue weighted by atomic mass is 16.6. The Morgan fingerprint density at radius 3 is 2.68 bits per heavy atom. The Morgan fingerprint density at radius 2 is 1.90 bits per heavy atom. The zero-order chi connectivity index (χ0) is 21.4. The van der Waals surface area contributed by atoms with Gasteiger partial charge < -0.3 is 14.5 Å². The smallest absolute Gasteiger partial charge is 0.253 e. The standard InChI is InChI=1S/C23H27N5O3/c1-26(2)23(29)19-6-4-3-5-18(19)17-11-20-22(25-31-24-20)21(12-17)28-14-16(15-28)13-27-7-9-30-10-8-27/h3-6,11-12,16H,7-10,13-15H2,1-2H3. The lowest BCUT2D eigenvalue weighted by Gasteiger charge is -2.43. The van der Waals surface area contributed by atoms with Crippen molar-refractivity contribution in [1.29, 1.82) is 0 Å². The molecule has 0 spiro atoms. The van der Waals surface area contributed by atoms with Crippen LogP contribution in [0.25, 0.3) is 22.2 Å². The number of aromatic nitrogens is 2. The fraction of sp³-hybridized carbons (Fsp3) is 0.435. The molecule has 3 heterocycles. The summed E-state index contributed by atoms with van der Waals surface area (Å²) >= 11 is 0. The van der Waals surface area contributed by atoms with Crippen molar-refractivity contribution in [2.45, 2.75) is 0 Å². The predicted octanol–water partition coefficient (Wildman–Crippen LogP) is 2.36. The number of hydrogen-bond donors (Lipinski definition) is 0. The first-order valence-electron chi connectivity index (χ1n) is 10.7. The number of rotatable bonds is 5. The molecular weight excluding hydrogens is 394 g/mol. The van der Waals surface area contributed by atoms with Crippen molar-refractivity contribution in [2.24, 2.45) is 5.92 Å². The number of ether oxygens (including phenoxy) is 1. The Kier molecular flexibility index (Phi) is 5.33. The average molecular weight is 422 g/mol. The van der Waals surface area contributed by atoms with E-state index in [1.165, 1.54) is 0 Å². The quantitative estimate of drug-likeness (QED) is 0.626. The van der Waals surface area contributed by atoms with Gasteiger partial charge in [-0.15, -0.1) is 0 Å². The molecule has 8 heteroatoms. The summed E-state index contributed by atoms with van der Waals surface area (Å²) in [5.41, 5.74) is 4.99. The number of fused-ring (bicyclic) bond motifs is 1. The zero-order valence-corrected chi connectivity index (χ0v) is 18.0. The minimum absolute atomic E-state index is 0.0231. The highest BCUT2D eigenvalue weighted by Crippen LogP contribution is 2.36. The molecule has 0 atom stereocenters. The molecule has 2 saturated heterocycles. The van der Waals surface area contributed by atoms with E-state index in [9.17, 15) is 4.79 Å². The number of hydrogen-bond acceptors (Lipinski definition) is 7. The van der Waals surface area contributed by atoms with Gasteiger partial charge in [0.2, 0.25) is 0 Å². The molecule has 1 amide bonds. The molecule has 2 aromatic carbocycles. The van der Waals surface area contributed by atoms with Crippen LogP contribution in [0, 0.1) is 5.92 Å². The van der Waals surface area contributed by atoms with Gasteiger partial charge in [0.1, 0.15) is 5.52 Å².